The van der Waals surface area contributed by atoms with Gasteiger partial charge in [-0.15, -0.1) is 0 Å². The molecule has 2 unspecified atom stereocenters. The molecule has 2 atom stereocenters. The van der Waals surface area contributed by atoms with E-state index in [4.69, 9.17) is 11.6 Å². The Hall–Kier alpha value is -1.60. The standard InChI is InChI=1S/C19H21ClO/c1-4-13(2)18(15-8-6-5-7-9-15)19(21)16-11-10-14(3)17(20)12-16/h5-13,18H,4H2,1-3H3. The minimum Gasteiger partial charge on any atom is -0.293 e. The molecule has 0 aliphatic heterocycles. The molecule has 0 saturated heterocycles. The highest BCUT2D eigenvalue weighted by molar-refractivity contribution is 6.31. The first-order valence-electron chi connectivity index (χ1n) is 7.40. The number of aryl methyl sites for hydroxylation is 1. The molecule has 0 bridgehead atoms. The van der Waals surface area contributed by atoms with Crippen molar-refractivity contribution in [3.63, 3.8) is 0 Å². The fourth-order valence-corrected chi connectivity index (χ4v) is 2.74. The summed E-state index contributed by atoms with van der Waals surface area (Å²) in [5, 5.41) is 0.650. The molecule has 2 heteroatoms. The molecule has 0 amide bonds. The second-order valence-corrected chi connectivity index (χ2v) is 6.01. The van der Waals surface area contributed by atoms with Crippen LogP contribution in [0.5, 0.6) is 0 Å². The number of halogens is 1. The van der Waals surface area contributed by atoms with Crippen molar-refractivity contribution in [3.05, 3.63) is 70.2 Å². The molecule has 0 saturated carbocycles. The molecule has 0 aliphatic carbocycles. The van der Waals surface area contributed by atoms with Gasteiger partial charge in [0.05, 0.1) is 0 Å². The predicted molar refractivity (Wildman–Crippen MR) is 89.2 cm³/mol. The number of carbonyl (C=O) groups excluding carboxylic acids is 1. The van der Waals surface area contributed by atoms with Gasteiger partial charge in [0, 0.05) is 16.5 Å². The minimum absolute atomic E-state index is 0.116. The molecule has 0 spiro atoms. The maximum absolute atomic E-state index is 13.0. The average molecular weight is 301 g/mol. The summed E-state index contributed by atoms with van der Waals surface area (Å²) in [5.41, 5.74) is 2.77. The Labute approximate surface area is 132 Å². The van der Waals surface area contributed by atoms with Gasteiger partial charge in [0.15, 0.2) is 5.78 Å². The Morgan fingerprint density at radius 2 is 1.81 bits per heavy atom. The van der Waals surface area contributed by atoms with E-state index in [-0.39, 0.29) is 11.7 Å². The SMILES string of the molecule is CCC(C)C(C(=O)c1ccc(C)c(Cl)c1)c1ccccc1. The molecule has 0 radical (unpaired) electrons. The van der Waals surface area contributed by atoms with Crippen LogP contribution in [0.25, 0.3) is 0 Å². The summed E-state index contributed by atoms with van der Waals surface area (Å²) in [6.07, 6.45) is 0.963. The quantitative estimate of drug-likeness (QED) is 0.651. The van der Waals surface area contributed by atoms with E-state index in [9.17, 15) is 4.79 Å². The lowest BCUT2D eigenvalue weighted by atomic mass is 9.80. The van der Waals surface area contributed by atoms with Gasteiger partial charge in [-0.05, 0) is 30.0 Å². The van der Waals surface area contributed by atoms with Gasteiger partial charge < -0.3 is 0 Å². The molecule has 0 N–H and O–H groups in total. The van der Waals surface area contributed by atoms with Crippen LogP contribution in [0.1, 0.15) is 47.7 Å². The van der Waals surface area contributed by atoms with E-state index < -0.39 is 0 Å². The Kier molecular flexibility index (Phi) is 5.19. The van der Waals surface area contributed by atoms with E-state index >= 15 is 0 Å². The van der Waals surface area contributed by atoms with Gasteiger partial charge in [-0.2, -0.15) is 0 Å². The molecule has 2 aromatic rings. The second-order valence-electron chi connectivity index (χ2n) is 5.60. The van der Waals surface area contributed by atoms with E-state index in [0.29, 0.717) is 16.5 Å². The Balaban J connectivity index is 2.41. The van der Waals surface area contributed by atoms with Crippen LogP contribution in [0.3, 0.4) is 0 Å². The summed E-state index contributed by atoms with van der Waals surface area (Å²) < 4.78 is 0. The van der Waals surface area contributed by atoms with Crippen molar-refractivity contribution in [3.8, 4) is 0 Å². The van der Waals surface area contributed by atoms with Crippen molar-refractivity contribution in [2.45, 2.75) is 33.1 Å². The van der Waals surface area contributed by atoms with Gasteiger partial charge >= 0.3 is 0 Å². The van der Waals surface area contributed by atoms with Crippen LogP contribution in [-0.4, -0.2) is 5.78 Å². The monoisotopic (exact) mass is 300 g/mol. The molecule has 0 aromatic heterocycles. The molecular weight excluding hydrogens is 280 g/mol. The first-order valence-corrected chi connectivity index (χ1v) is 7.77. The molecular formula is C19H21ClO. The number of hydrogen-bond acceptors (Lipinski definition) is 1. The average Bonchev–Trinajstić information content (AvgIpc) is 2.51. The van der Waals surface area contributed by atoms with E-state index in [1.165, 1.54) is 0 Å². The summed E-state index contributed by atoms with van der Waals surface area (Å²) in [6.45, 7) is 6.20. The number of carbonyl (C=O) groups is 1. The molecule has 2 aromatic carbocycles. The lowest BCUT2D eigenvalue weighted by molar-refractivity contribution is 0.0932. The minimum atomic E-state index is -0.116. The van der Waals surface area contributed by atoms with Crippen molar-refractivity contribution in [1.82, 2.24) is 0 Å². The zero-order valence-electron chi connectivity index (χ0n) is 12.8. The zero-order valence-corrected chi connectivity index (χ0v) is 13.5. The van der Waals surface area contributed by atoms with Gasteiger partial charge in [0.2, 0.25) is 0 Å². The van der Waals surface area contributed by atoms with Crippen molar-refractivity contribution >= 4 is 17.4 Å². The van der Waals surface area contributed by atoms with E-state index in [2.05, 4.69) is 13.8 Å². The summed E-state index contributed by atoms with van der Waals surface area (Å²) >= 11 is 6.17. The summed E-state index contributed by atoms with van der Waals surface area (Å²) in [7, 11) is 0. The first-order chi connectivity index (χ1) is 10.0. The van der Waals surface area contributed by atoms with Gasteiger partial charge in [-0.1, -0.05) is 74.3 Å². The molecule has 110 valence electrons. The topological polar surface area (TPSA) is 17.1 Å². The highest BCUT2D eigenvalue weighted by atomic mass is 35.5. The van der Waals surface area contributed by atoms with E-state index in [1.54, 1.807) is 6.07 Å². The first kappa shape index (κ1) is 15.8. The van der Waals surface area contributed by atoms with Crippen LogP contribution in [-0.2, 0) is 0 Å². The maximum atomic E-state index is 13.0. The fraction of sp³-hybridized carbons (Fsp3) is 0.316. The normalized spacial score (nSPS) is 13.7. The highest BCUT2D eigenvalue weighted by Gasteiger charge is 2.26. The fourth-order valence-electron chi connectivity index (χ4n) is 2.56. The van der Waals surface area contributed by atoms with Crippen molar-refractivity contribution < 1.29 is 4.79 Å². The Bertz CT molecular complexity index is 619. The molecule has 1 nitrogen and oxygen atoms in total. The van der Waals surface area contributed by atoms with Crippen molar-refractivity contribution in [2.24, 2.45) is 5.92 Å². The largest absolute Gasteiger partial charge is 0.293 e. The number of rotatable bonds is 5. The summed E-state index contributed by atoms with van der Waals surface area (Å²) in [6, 6.07) is 15.6. The third-order valence-electron chi connectivity index (χ3n) is 4.11. The number of ketones is 1. The van der Waals surface area contributed by atoms with Crippen LogP contribution in [0, 0.1) is 12.8 Å². The van der Waals surface area contributed by atoms with Crippen molar-refractivity contribution in [2.75, 3.05) is 0 Å². The van der Waals surface area contributed by atoms with Crippen LogP contribution in [0.15, 0.2) is 48.5 Å². The lowest BCUT2D eigenvalue weighted by Crippen LogP contribution is -2.20. The van der Waals surface area contributed by atoms with Crippen LogP contribution in [0.4, 0.5) is 0 Å². The summed E-state index contributed by atoms with van der Waals surface area (Å²) in [4.78, 5) is 13.0. The highest BCUT2D eigenvalue weighted by Crippen LogP contribution is 2.31. The molecule has 21 heavy (non-hydrogen) atoms. The molecule has 0 heterocycles. The lowest BCUT2D eigenvalue weighted by Gasteiger charge is -2.22. The third kappa shape index (κ3) is 3.54. The molecule has 0 fully saturated rings. The van der Waals surface area contributed by atoms with Crippen LogP contribution >= 0.6 is 11.6 Å². The van der Waals surface area contributed by atoms with E-state index in [0.717, 1.165) is 17.5 Å². The zero-order chi connectivity index (χ0) is 15.4. The second kappa shape index (κ2) is 6.91. The molecule has 2 rings (SSSR count). The Morgan fingerprint density at radius 1 is 1.14 bits per heavy atom. The number of hydrogen-bond donors (Lipinski definition) is 0. The smallest absolute Gasteiger partial charge is 0.170 e. The predicted octanol–water partition coefficient (Wildman–Crippen LogP) is 5.66. The van der Waals surface area contributed by atoms with E-state index in [1.807, 2.05) is 49.4 Å². The maximum Gasteiger partial charge on any atom is 0.170 e. The van der Waals surface area contributed by atoms with Crippen LogP contribution < -0.4 is 0 Å². The molecule has 0 aliphatic rings. The van der Waals surface area contributed by atoms with Gasteiger partial charge in [-0.25, -0.2) is 0 Å². The number of Topliss-reactive ketones (excluding diaryl/α,β-unsaturated/α-hetero) is 1. The summed E-state index contributed by atoms with van der Waals surface area (Å²) in [5.74, 6) is 0.326. The van der Waals surface area contributed by atoms with Crippen molar-refractivity contribution in [1.29, 1.82) is 0 Å². The van der Waals surface area contributed by atoms with Gasteiger partial charge in [-0.3, -0.25) is 4.79 Å². The van der Waals surface area contributed by atoms with Gasteiger partial charge in [0.25, 0.3) is 0 Å². The Morgan fingerprint density at radius 3 is 2.38 bits per heavy atom. The van der Waals surface area contributed by atoms with Gasteiger partial charge in [0.1, 0.15) is 0 Å². The van der Waals surface area contributed by atoms with Crippen LogP contribution in [0.2, 0.25) is 5.02 Å². The number of benzene rings is 2. The third-order valence-corrected chi connectivity index (χ3v) is 4.52.